The highest BCUT2D eigenvalue weighted by molar-refractivity contribution is 5.49. The molecule has 2 heteroatoms. The van der Waals surface area contributed by atoms with Crippen LogP contribution in [0.25, 0.3) is 0 Å². The van der Waals surface area contributed by atoms with Gasteiger partial charge in [-0.25, -0.2) is 0 Å². The van der Waals surface area contributed by atoms with E-state index in [2.05, 4.69) is 61.7 Å². The molecule has 2 heterocycles. The molecule has 0 radical (unpaired) electrons. The Morgan fingerprint density at radius 2 is 1.96 bits per heavy atom. The van der Waals surface area contributed by atoms with Crippen LogP contribution < -0.4 is 4.74 Å². The Morgan fingerprint density at radius 3 is 2.65 bits per heavy atom. The second-order valence-electron chi connectivity index (χ2n) is 6.63. The molecule has 1 aromatic carbocycles. The Balaban J connectivity index is 2.08. The minimum Gasteiger partial charge on any atom is -0.489 e. The summed E-state index contributed by atoms with van der Waals surface area (Å²) in [5.41, 5.74) is 3.82. The van der Waals surface area contributed by atoms with Gasteiger partial charge in [0.25, 0.3) is 0 Å². The van der Waals surface area contributed by atoms with Crippen LogP contribution in [0.2, 0.25) is 0 Å². The van der Waals surface area contributed by atoms with Gasteiger partial charge in [0.15, 0.2) is 0 Å². The molecule has 0 bridgehead atoms. The Bertz CT molecular complexity index is 620. The summed E-state index contributed by atoms with van der Waals surface area (Å²) in [6.07, 6.45) is 8.87. The third-order valence-electron chi connectivity index (χ3n) is 5.04. The number of hydrogen-bond donors (Lipinski definition) is 0. The average molecular weight is 309 g/mol. The maximum Gasteiger partial charge on any atom is 0.124 e. The lowest BCUT2D eigenvalue weighted by Crippen LogP contribution is -2.37. The fraction of sp³-hybridized carbons (Fsp3) is 0.429. The SMILES string of the molecule is C=CC1=C(/C=C\C)C(N2CCC(C)CC2)c2ccccc2OC1. The van der Waals surface area contributed by atoms with Crippen molar-refractivity contribution in [3.05, 3.63) is 65.8 Å². The maximum atomic E-state index is 6.08. The van der Waals surface area contributed by atoms with Gasteiger partial charge in [-0.2, -0.15) is 0 Å². The molecular formula is C21H27NO. The summed E-state index contributed by atoms with van der Waals surface area (Å²) < 4.78 is 6.08. The lowest BCUT2D eigenvalue weighted by molar-refractivity contribution is 0.156. The molecule has 1 fully saturated rings. The average Bonchev–Trinajstić information content (AvgIpc) is 2.73. The lowest BCUT2D eigenvalue weighted by Gasteiger charge is -2.38. The Kier molecular flexibility index (Phi) is 5.02. The number of para-hydroxylation sites is 1. The highest BCUT2D eigenvalue weighted by atomic mass is 16.5. The predicted molar refractivity (Wildman–Crippen MR) is 96.7 cm³/mol. The second kappa shape index (κ2) is 7.18. The molecule has 3 rings (SSSR count). The van der Waals surface area contributed by atoms with Crippen molar-refractivity contribution in [2.24, 2.45) is 5.92 Å². The third-order valence-corrected chi connectivity index (χ3v) is 5.04. The smallest absolute Gasteiger partial charge is 0.124 e. The molecule has 0 aromatic heterocycles. The Labute approximate surface area is 140 Å². The van der Waals surface area contributed by atoms with Crippen molar-refractivity contribution in [2.45, 2.75) is 32.7 Å². The van der Waals surface area contributed by atoms with E-state index in [0.717, 1.165) is 24.8 Å². The van der Waals surface area contributed by atoms with Crippen LogP contribution in [0.4, 0.5) is 0 Å². The monoisotopic (exact) mass is 309 g/mol. The number of ether oxygens (including phenoxy) is 1. The van der Waals surface area contributed by atoms with E-state index in [9.17, 15) is 0 Å². The number of allylic oxidation sites excluding steroid dienone is 1. The first kappa shape index (κ1) is 16.1. The molecule has 2 nitrogen and oxygen atoms in total. The molecule has 2 aliphatic rings. The minimum atomic E-state index is 0.269. The van der Waals surface area contributed by atoms with Crippen LogP contribution in [0.15, 0.2) is 60.2 Å². The maximum absolute atomic E-state index is 6.08. The molecule has 0 amide bonds. The van der Waals surface area contributed by atoms with Crippen LogP contribution in [0.5, 0.6) is 5.75 Å². The molecule has 0 N–H and O–H groups in total. The van der Waals surface area contributed by atoms with Gasteiger partial charge >= 0.3 is 0 Å². The normalized spacial score (nSPS) is 23.5. The van der Waals surface area contributed by atoms with Crippen LogP contribution >= 0.6 is 0 Å². The summed E-state index contributed by atoms with van der Waals surface area (Å²) in [7, 11) is 0. The fourth-order valence-corrected chi connectivity index (χ4v) is 3.65. The highest BCUT2D eigenvalue weighted by Gasteiger charge is 2.31. The van der Waals surface area contributed by atoms with Crippen LogP contribution in [0, 0.1) is 5.92 Å². The van der Waals surface area contributed by atoms with Crippen molar-refractivity contribution in [3.8, 4) is 5.75 Å². The number of fused-ring (bicyclic) bond motifs is 1. The summed E-state index contributed by atoms with van der Waals surface area (Å²) in [6, 6.07) is 8.75. The van der Waals surface area contributed by atoms with Gasteiger partial charge in [-0.15, -0.1) is 0 Å². The number of benzene rings is 1. The largest absolute Gasteiger partial charge is 0.489 e. The summed E-state index contributed by atoms with van der Waals surface area (Å²) >= 11 is 0. The van der Waals surface area contributed by atoms with Gasteiger partial charge in [0, 0.05) is 5.56 Å². The zero-order chi connectivity index (χ0) is 16.2. The molecule has 1 aromatic rings. The van der Waals surface area contributed by atoms with Gasteiger partial charge in [0.05, 0.1) is 6.04 Å². The van der Waals surface area contributed by atoms with Gasteiger partial charge in [-0.05, 0) is 56.0 Å². The summed E-state index contributed by atoms with van der Waals surface area (Å²) in [5, 5.41) is 0. The molecule has 1 unspecified atom stereocenters. The summed E-state index contributed by atoms with van der Waals surface area (Å²) in [5.74, 6) is 1.84. The second-order valence-corrected chi connectivity index (χ2v) is 6.63. The molecule has 0 spiro atoms. The fourth-order valence-electron chi connectivity index (χ4n) is 3.65. The van der Waals surface area contributed by atoms with E-state index in [0.29, 0.717) is 6.61 Å². The first-order chi connectivity index (χ1) is 11.2. The van der Waals surface area contributed by atoms with Gasteiger partial charge in [-0.1, -0.05) is 49.9 Å². The number of hydrogen-bond acceptors (Lipinski definition) is 2. The van der Waals surface area contributed by atoms with Gasteiger partial charge < -0.3 is 4.74 Å². The summed E-state index contributed by atoms with van der Waals surface area (Å²) in [4.78, 5) is 2.62. The van der Waals surface area contributed by atoms with E-state index in [4.69, 9.17) is 4.74 Å². The van der Waals surface area contributed by atoms with E-state index >= 15 is 0 Å². The first-order valence-electron chi connectivity index (χ1n) is 8.68. The molecule has 0 saturated carbocycles. The van der Waals surface area contributed by atoms with Crippen LogP contribution in [0.3, 0.4) is 0 Å². The van der Waals surface area contributed by atoms with Gasteiger partial charge in [-0.3, -0.25) is 4.90 Å². The summed E-state index contributed by atoms with van der Waals surface area (Å²) in [6.45, 7) is 11.4. The number of rotatable bonds is 3. The number of piperidine rings is 1. The zero-order valence-electron chi connectivity index (χ0n) is 14.3. The third kappa shape index (κ3) is 3.28. The lowest BCUT2D eigenvalue weighted by atomic mass is 9.89. The topological polar surface area (TPSA) is 12.5 Å². The van der Waals surface area contributed by atoms with Crippen LogP contribution in [-0.2, 0) is 0 Å². The van der Waals surface area contributed by atoms with E-state index in [-0.39, 0.29) is 6.04 Å². The molecular weight excluding hydrogens is 282 g/mol. The van der Waals surface area contributed by atoms with Gasteiger partial charge in [0.2, 0.25) is 0 Å². The standard InChI is InChI=1S/C21H27NO/c1-4-8-18-17(5-2)15-23-20-10-7-6-9-19(20)21(18)22-13-11-16(3)12-14-22/h4-10,16,21H,2,11-15H2,1,3H3/b8-4-. The van der Waals surface area contributed by atoms with Crippen LogP contribution in [-0.4, -0.2) is 24.6 Å². The first-order valence-corrected chi connectivity index (χ1v) is 8.68. The Hall–Kier alpha value is -1.80. The van der Waals surface area contributed by atoms with E-state index in [1.54, 1.807) is 0 Å². The Morgan fingerprint density at radius 1 is 1.22 bits per heavy atom. The van der Waals surface area contributed by atoms with Gasteiger partial charge in [0.1, 0.15) is 12.4 Å². The molecule has 2 aliphatic heterocycles. The number of nitrogens with zero attached hydrogens (tertiary/aromatic N) is 1. The molecule has 1 saturated heterocycles. The number of likely N-dealkylation sites (tertiary alicyclic amines) is 1. The van der Waals surface area contributed by atoms with E-state index < -0.39 is 0 Å². The van der Waals surface area contributed by atoms with E-state index in [1.165, 1.54) is 29.6 Å². The van der Waals surface area contributed by atoms with Crippen molar-refractivity contribution < 1.29 is 4.74 Å². The molecule has 122 valence electrons. The van der Waals surface area contributed by atoms with E-state index in [1.807, 2.05) is 6.08 Å². The van der Waals surface area contributed by atoms with Crippen molar-refractivity contribution >= 4 is 0 Å². The molecule has 23 heavy (non-hydrogen) atoms. The van der Waals surface area contributed by atoms with Crippen molar-refractivity contribution in [3.63, 3.8) is 0 Å². The predicted octanol–water partition coefficient (Wildman–Crippen LogP) is 4.91. The molecule has 0 aliphatic carbocycles. The van der Waals surface area contributed by atoms with Crippen molar-refractivity contribution in [1.29, 1.82) is 0 Å². The van der Waals surface area contributed by atoms with Crippen molar-refractivity contribution in [1.82, 2.24) is 4.90 Å². The highest BCUT2D eigenvalue weighted by Crippen LogP contribution is 2.41. The van der Waals surface area contributed by atoms with Crippen molar-refractivity contribution in [2.75, 3.05) is 19.7 Å². The zero-order valence-corrected chi connectivity index (χ0v) is 14.3. The quantitative estimate of drug-likeness (QED) is 0.786. The minimum absolute atomic E-state index is 0.269. The molecule has 1 atom stereocenters. The van der Waals surface area contributed by atoms with Crippen LogP contribution in [0.1, 0.15) is 38.3 Å².